The third kappa shape index (κ3) is 1.96. The summed E-state index contributed by atoms with van der Waals surface area (Å²) in [7, 11) is 0. The molecule has 0 saturated carbocycles. The number of hydrogen-bond acceptors (Lipinski definition) is 7. The molecule has 26 heavy (non-hydrogen) atoms. The van der Waals surface area contributed by atoms with Crippen molar-refractivity contribution in [3.8, 4) is 17.2 Å². The van der Waals surface area contributed by atoms with Gasteiger partial charge in [-0.25, -0.2) is 0 Å². The SMILES string of the molecule is Cc1cc(=O)c2c(O)c3c(cc2o1)C(=O)c1cc(O)c(Br)c(O)c1C3=O. The molecular formula is C18H9BrO7. The van der Waals surface area contributed by atoms with E-state index in [4.69, 9.17) is 4.42 Å². The predicted molar refractivity (Wildman–Crippen MR) is 93.2 cm³/mol. The number of phenolic OH excluding ortho intramolecular Hbond substituents is 3. The highest BCUT2D eigenvalue weighted by Gasteiger charge is 2.37. The van der Waals surface area contributed by atoms with Crippen LogP contribution in [0.4, 0.5) is 0 Å². The van der Waals surface area contributed by atoms with Crippen LogP contribution in [0.3, 0.4) is 0 Å². The summed E-state index contributed by atoms with van der Waals surface area (Å²) >= 11 is 2.93. The number of aromatic hydroxyl groups is 3. The zero-order valence-electron chi connectivity index (χ0n) is 13.1. The normalized spacial score (nSPS) is 13.0. The highest BCUT2D eigenvalue weighted by atomic mass is 79.9. The van der Waals surface area contributed by atoms with Crippen LogP contribution >= 0.6 is 15.9 Å². The maximum atomic E-state index is 12.9. The molecule has 1 aromatic heterocycles. The first-order valence-electron chi connectivity index (χ1n) is 7.36. The average Bonchev–Trinajstić information content (AvgIpc) is 2.56. The van der Waals surface area contributed by atoms with Gasteiger partial charge in [-0.05, 0) is 35.0 Å². The standard InChI is InChI=1S/C18H9BrO7/c1-5-2-8(20)13-10(26-5)4-7-11(17(13)24)16(23)12-6(15(7)22)3-9(21)14(19)18(12)25/h2-4,21,24-25H,1H3. The molecule has 0 saturated heterocycles. The summed E-state index contributed by atoms with van der Waals surface area (Å²) in [6, 6.07) is 3.41. The minimum Gasteiger partial charge on any atom is -0.507 e. The summed E-state index contributed by atoms with van der Waals surface area (Å²) < 4.78 is 5.24. The van der Waals surface area contributed by atoms with Crippen molar-refractivity contribution in [3.63, 3.8) is 0 Å². The highest BCUT2D eigenvalue weighted by Crippen LogP contribution is 2.45. The molecule has 2 aromatic carbocycles. The quantitative estimate of drug-likeness (QED) is 0.402. The van der Waals surface area contributed by atoms with Crippen molar-refractivity contribution in [2.24, 2.45) is 0 Å². The maximum absolute atomic E-state index is 12.9. The van der Waals surface area contributed by atoms with Crippen molar-refractivity contribution in [3.05, 3.63) is 60.9 Å². The Labute approximate surface area is 153 Å². The number of aryl methyl sites for hydroxylation is 1. The fourth-order valence-corrected chi connectivity index (χ4v) is 3.45. The summed E-state index contributed by atoms with van der Waals surface area (Å²) in [6.45, 7) is 1.53. The summed E-state index contributed by atoms with van der Waals surface area (Å²) in [4.78, 5) is 37.9. The second kappa shape index (κ2) is 5.18. The molecule has 1 aliphatic carbocycles. The van der Waals surface area contributed by atoms with E-state index in [1.165, 1.54) is 13.0 Å². The Morgan fingerprint density at radius 2 is 1.50 bits per heavy atom. The first-order valence-corrected chi connectivity index (χ1v) is 8.16. The molecule has 1 heterocycles. The Hall–Kier alpha value is -3.13. The number of rotatable bonds is 0. The van der Waals surface area contributed by atoms with E-state index in [-0.39, 0.29) is 43.5 Å². The lowest BCUT2D eigenvalue weighted by Gasteiger charge is -2.21. The minimum absolute atomic E-state index is 0.0404. The molecule has 130 valence electrons. The van der Waals surface area contributed by atoms with Crippen LogP contribution in [-0.2, 0) is 0 Å². The lowest BCUT2D eigenvalue weighted by molar-refractivity contribution is 0.0974. The first kappa shape index (κ1) is 16.3. The fraction of sp³-hybridized carbons (Fsp3) is 0.0556. The molecule has 0 bridgehead atoms. The van der Waals surface area contributed by atoms with Gasteiger partial charge in [0.15, 0.2) is 11.2 Å². The van der Waals surface area contributed by atoms with Gasteiger partial charge in [0.2, 0.25) is 5.78 Å². The van der Waals surface area contributed by atoms with Crippen molar-refractivity contribution in [1.82, 2.24) is 0 Å². The van der Waals surface area contributed by atoms with E-state index in [2.05, 4.69) is 15.9 Å². The van der Waals surface area contributed by atoms with E-state index < -0.39 is 34.2 Å². The van der Waals surface area contributed by atoms with Gasteiger partial charge in [0, 0.05) is 17.2 Å². The van der Waals surface area contributed by atoms with Gasteiger partial charge in [0.05, 0.1) is 11.1 Å². The topological polar surface area (TPSA) is 125 Å². The molecule has 0 fully saturated rings. The lowest BCUT2D eigenvalue weighted by Crippen LogP contribution is -2.22. The molecule has 0 spiro atoms. The van der Waals surface area contributed by atoms with Gasteiger partial charge in [-0.1, -0.05) is 0 Å². The molecule has 3 aromatic rings. The zero-order valence-corrected chi connectivity index (χ0v) is 14.7. The summed E-state index contributed by atoms with van der Waals surface area (Å²) in [5.41, 5.74) is -1.75. The molecule has 4 rings (SSSR count). The van der Waals surface area contributed by atoms with Crippen LogP contribution in [-0.4, -0.2) is 26.9 Å². The van der Waals surface area contributed by atoms with E-state index >= 15 is 0 Å². The van der Waals surface area contributed by atoms with Crippen LogP contribution in [0.2, 0.25) is 0 Å². The van der Waals surface area contributed by atoms with Crippen molar-refractivity contribution in [1.29, 1.82) is 0 Å². The van der Waals surface area contributed by atoms with Gasteiger partial charge in [0.1, 0.15) is 38.5 Å². The van der Waals surface area contributed by atoms with Crippen LogP contribution < -0.4 is 5.43 Å². The van der Waals surface area contributed by atoms with Gasteiger partial charge < -0.3 is 19.7 Å². The van der Waals surface area contributed by atoms with Crippen molar-refractivity contribution >= 4 is 38.5 Å². The van der Waals surface area contributed by atoms with Gasteiger partial charge in [-0.2, -0.15) is 0 Å². The highest BCUT2D eigenvalue weighted by molar-refractivity contribution is 9.10. The molecule has 7 nitrogen and oxygen atoms in total. The predicted octanol–water partition coefficient (Wildman–Crippen LogP) is 2.76. The van der Waals surface area contributed by atoms with E-state index in [0.717, 1.165) is 12.1 Å². The third-order valence-electron chi connectivity index (χ3n) is 4.28. The van der Waals surface area contributed by atoms with Gasteiger partial charge in [-0.15, -0.1) is 0 Å². The summed E-state index contributed by atoms with van der Waals surface area (Å²) in [5, 5.41) is 30.3. The zero-order chi connectivity index (χ0) is 18.9. The summed E-state index contributed by atoms with van der Waals surface area (Å²) in [5.74, 6) is -2.99. The molecule has 0 amide bonds. The monoisotopic (exact) mass is 416 g/mol. The van der Waals surface area contributed by atoms with Crippen molar-refractivity contribution < 1.29 is 29.3 Å². The van der Waals surface area contributed by atoms with Crippen LogP contribution in [0.15, 0.2) is 31.9 Å². The summed E-state index contributed by atoms with van der Waals surface area (Å²) in [6.07, 6.45) is 0. The Morgan fingerprint density at radius 3 is 2.19 bits per heavy atom. The molecule has 0 radical (unpaired) electrons. The number of carbonyl (C=O) groups is 2. The third-order valence-corrected chi connectivity index (χ3v) is 5.06. The van der Waals surface area contributed by atoms with Crippen LogP contribution in [0, 0.1) is 6.92 Å². The van der Waals surface area contributed by atoms with Crippen LogP contribution in [0.1, 0.15) is 37.6 Å². The van der Waals surface area contributed by atoms with E-state index in [1.807, 2.05) is 0 Å². The second-order valence-electron chi connectivity index (χ2n) is 5.88. The van der Waals surface area contributed by atoms with E-state index in [1.54, 1.807) is 0 Å². The molecule has 0 atom stereocenters. The first-order chi connectivity index (χ1) is 12.2. The molecular weight excluding hydrogens is 408 g/mol. The van der Waals surface area contributed by atoms with Crippen LogP contribution in [0.25, 0.3) is 11.0 Å². The Bertz CT molecular complexity index is 1240. The number of carbonyl (C=O) groups excluding carboxylic acids is 2. The average molecular weight is 417 g/mol. The number of benzene rings is 2. The minimum atomic E-state index is -0.841. The second-order valence-corrected chi connectivity index (χ2v) is 6.67. The molecule has 0 unspecified atom stereocenters. The van der Waals surface area contributed by atoms with Gasteiger partial charge in [-0.3, -0.25) is 14.4 Å². The number of phenols is 3. The van der Waals surface area contributed by atoms with Crippen molar-refractivity contribution in [2.75, 3.05) is 0 Å². The molecule has 3 N–H and O–H groups in total. The lowest BCUT2D eigenvalue weighted by atomic mass is 9.82. The van der Waals surface area contributed by atoms with E-state index in [0.29, 0.717) is 0 Å². The van der Waals surface area contributed by atoms with Gasteiger partial charge >= 0.3 is 0 Å². The Morgan fingerprint density at radius 1 is 0.885 bits per heavy atom. The molecule has 1 aliphatic rings. The molecule has 0 aliphatic heterocycles. The Kier molecular flexibility index (Phi) is 3.26. The number of fused-ring (bicyclic) bond motifs is 3. The van der Waals surface area contributed by atoms with Crippen LogP contribution in [0.5, 0.6) is 17.2 Å². The van der Waals surface area contributed by atoms with E-state index in [9.17, 15) is 29.7 Å². The number of hydrogen-bond donors (Lipinski definition) is 3. The fourth-order valence-electron chi connectivity index (χ4n) is 3.14. The number of halogens is 1. The smallest absolute Gasteiger partial charge is 0.202 e. The molecule has 8 heteroatoms. The largest absolute Gasteiger partial charge is 0.507 e. The van der Waals surface area contributed by atoms with Gasteiger partial charge in [0.25, 0.3) is 0 Å². The van der Waals surface area contributed by atoms with Crippen molar-refractivity contribution in [2.45, 2.75) is 6.92 Å². The Balaban J connectivity index is 2.16. The maximum Gasteiger partial charge on any atom is 0.202 e. The number of ketones is 2.